The molecule has 0 unspecified atom stereocenters. The summed E-state index contributed by atoms with van der Waals surface area (Å²) in [6.45, 7) is 3.30. The van der Waals surface area contributed by atoms with Crippen LogP contribution in [0.4, 0.5) is 0 Å². The lowest BCUT2D eigenvalue weighted by atomic mass is 9.90. The number of fused-ring (bicyclic) bond motifs is 1. The summed E-state index contributed by atoms with van der Waals surface area (Å²) in [4.78, 5) is 45.4. The highest BCUT2D eigenvalue weighted by molar-refractivity contribution is 5.95. The Bertz CT molecular complexity index is 1310. The number of amides is 3. The Morgan fingerprint density at radius 1 is 1.13 bits per heavy atom. The Morgan fingerprint density at radius 2 is 1.87 bits per heavy atom. The number of nitrogens with zero attached hydrogens (tertiary/aromatic N) is 3. The quantitative estimate of drug-likeness (QED) is 0.308. The van der Waals surface area contributed by atoms with Crippen molar-refractivity contribution in [3.05, 3.63) is 71.4 Å². The maximum absolute atomic E-state index is 13.0. The van der Waals surface area contributed by atoms with Crippen LogP contribution in [-0.2, 0) is 16.2 Å². The molecule has 2 atom stereocenters. The van der Waals surface area contributed by atoms with Crippen LogP contribution in [0.5, 0.6) is 5.75 Å². The minimum absolute atomic E-state index is 0.0642. The molecule has 4 rings (SSSR count). The van der Waals surface area contributed by atoms with Crippen molar-refractivity contribution < 1.29 is 24.3 Å². The van der Waals surface area contributed by atoms with Crippen LogP contribution in [0, 0.1) is 12.8 Å². The van der Waals surface area contributed by atoms with Crippen LogP contribution >= 0.6 is 0 Å². The molecule has 2 heterocycles. The molecule has 0 bridgehead atoms. The van der Waals surface area contributed by atoms with Crippen molar-refractivity contribution in [2.24, 2.45) is 5.92 Å². The zero-order valence-corrected chi connectivity index (χ0v) is 21.8. The highest BCUT2D eigenvalue weighted by Gasteiger charge is 2.36. The number of carbonyl (C=O) groups is 3. The molecule has 0 saturated carbocycles. The zero-order valence-electron chi connectivity index (χ0n) is 21.8. The number of nitrogens with one attached hydrogen (secondary N) is 2. The summed E-state index contributed by atoms with van der Waals surface area (Å²) in [5, 5.41) is 13.1. The van der Waals surface area contributed by atoms with Crippen LogP contribution in [0.3, 0.4) is 0 Å². The van der Waals surface area contributed by atoms with Crippen LogP contribution in [0.2, 0.25) is 0 Å². The fourth-order valence-electron chi connectivity index (χ4n) is 4.67. The van der Waals surface area contributed by atoms with Gasteiger partial charge in [-0.15, -0.1) is 0 Å². The summed E-state index contributed by atoms with van der Waals surface area (Å²) in [5.41, 5.74) is 4.96. The van der Waals surface area contributed by atoms with Crippen LogP contribution in [0.1, 0.15) is 28.0 Å². The molecule has 1 saturated heterocycles. The van der Waals surface area contributed by atoms with E-state index in [-0.39, 0.29) is 18.4 Å². The summed E-state index contributed by atoms with van der Waals surface area (Å²) in [7, 11) is 3.36. The summed E-state index contributed by atoms with van der Waals surface area (Å²) in [5.74, 6) is -0.976. The molecule has 0 radical (unpaired) electrons. The molecule has 10 nitrogen and oxygen atoms in total. The van der Waals surface area contributed by atoms with Gasteiger partial charge in [-0.2, -0.15) is 0 Å². The first kappa shape index (κ1) is 27.0. The first-order chi connectivity index (χ1) is 18.2. The van der Waals surface area contributed by atoms with Gasteiger partial charge in [0.2, 0.25) is 11.8 Å². The van der Waals surface area contributed by atoms with Crippen LogP contribution in [-0.4, -0.2) is 77.5 Å². The first-order valence-corrected chi connectivity index (χ1v) is 12.5. The maximum Gasteiger partial charge on any atom is 0.251 e. The van der Waals surface area contributed by atoms with E-state index in [0.717, 1.165) is 22.2 Å². The first-order valence-electron chi connectivity index (χ1n) is 12.5. The number of carbonyl (C=O) groups excluding carboxylic acids is 3. The van der Waals surface area contributed by atoms with Gasteiger partial charge in [-0.25, -0.2) is 5.48 Å². The molecular formula is C28H33N5O5. The van der Waals surface area contributed by atoms with Gasteiger partial charge in [-0.1, -0.05) is 18.2 Å². The molecule has 3 aromatic rings. The molecule has 2 aromatic carbocycles. The number of likely N-dealkylation sites (tertiary alicyclic amines) is 1. The van der Waals surface area contributed by atoms with Crippen molar-refractivity contribution in [1.29, 1.82) is 0 Å². The average molecular weight is 520 g/mol. The molecule has 1 aromatic heterocycles. The SMILES string of the molecule is Cc1cc(COc2ccc(C(=O)N[C@@H]3CN(CC(=O)N(C)C)CC[C@@H]3C(=O)NO)cc2)c2ccccc2n1. The van der Waals surface area contributed by atoms with Crippen molar-refractivity contribution in [2.45, 2.75) is 26.0 Å². The van der Waals surface area contributed by atoms with Gasteiger partial charge in [-0.05, 0) is 56.3 Å². The predicted molar refractivity (Wildman–Crippen MR) is 142 cm³/mol. The summed E-state index contributed by atoms with van der Waals surface area (Å²) in [6.07, 6.45) is 0.397. The van der Waals surface area contributed by atoms with Crippen LogP contribution in [0.25, 0.3) is 10.9 Å². The van der Waals surface area contributed by atoms with Crippen molar-refractivity contribution in [2.75, 3.05) is 33.7 Å². The smallest absolute Gasteiger partial charge is 0.251 e. The number of aromatic nitrogens is 1. The summed E-state index contributed by atoms with van der Waals surface area (Å²) >= 11 is 0. The number of hydrogen-bond acceptors (Lipinski definition) is 7. The Labute approximate surface area is 221 Å². The largest absolute Gasteiger partial charge is 0.489 e. The van der Waals surface area contributed by atoms with E-state index in [1.165, 1.54) is 4.90 Å². The molecule has 3 N–H and O–H groups in total. The van der Waals surface area contributed by atoms with E-state index < -0.39 is 17.9 Å². The number of pyridine rings is 1. The lowest BCUT2D eigenvalue weighted by Gasteiger charge is -2.37. The van der Waals surface area contributed by atoms with E-state index in [4.69, 9.17) is 4.74 Å². The molecular weight excluding hydrogens is 486 g/mol. The van der Waals surface area contributed by atoms with Gasteiger partial charge in [0.15, 0.2) is 0 Å². The highest BCUT2D eigenvalue weighted by Crippen LogP contribution is 2.22. The Morgan fingerprint density at radius 3 is 2.58 bits per heavy atom. The van der Waals surface area contributed by atoms with E-state index in [1.54, 1.807) is 43.8 Å². The molecule has 1 aliphatic rings. The second-order valence-corrected chi connectivity index (χ2v) is 9.73. The van der Waals surface area contributed by atoms with E-state index in [0.29, 0.717) is 37.4 Å². The third-order valence-electron chi connectivity index (χ3n) is 6.76. The van der Waals surface area contributed by atoms with Crippen molar-refractivity contribution in [3.63, 3.8) is 0 Å². The summed E-state index contributed by atoms with van der Waals surface area (Å²) < 4.78 is 5.99. The van der Waals surface area contributed by atoms with Gasteiger partial charge in [0.05, 0.1) is 24.0 Å². The van der Waals surface area contributed by atoms with Crippen LogP contribution in [0.15, 0.2) is 54.6 Å². The van der Waals surface area contributed by atoms with Crippen LogP contribution < -0.4 is 15.5 Å². The third kappa shape index (κ3) is 6.45. The number of aryl methyl sites for hydroxylation is 1. The fourth-order valence-corrected chi connectivity index (χ4v) is 4.67. The minimum Gasteiger partial charge on any atom is -0.489 e. The molecule has 0 aliphatic carbocycles. The topological polar surface area (TPSA) is 124 Å². The van der Waals surface area contributed by atoms with E-state index in [9.17, 15) is 19.6 Å². The monoisotopic (exact) mass is 519 g/mol. The molecule has 3 amide bonds. The van der Waals surface area contributed by atoms with E-state index in [1.807, 2.05) is 42.2 Å². The van der Waals surface area contributed by atoms with Gasteiger partial charge >= 0.3 is 0 Å². The van der Waals surface area contributed by atoms with Gasteiger partial charge in [0, 0.05) is 42.8 Å². The number of para-hydroxylation sites is 1. The molecule has 10 heteroatoms. The third-order valence-corrected chi connectivity index (χ3v) is 6.76. The number of hydroxylamine groups is 1. The molecule has 1 fully saturated rings. The van der Waals surface area contributed by atoms with E-state index >= 15 is 0 Å². The number of benzene rings is 2. The second-order valence-electron chi connectivity index (χ2n) is 9.73. The van der Waals surface area contributed by atoms with Crippen molar-refractivity contribution in [1.82, 2.24) is 25.6 Å². The number of piperidine rings is 1. The molecule has 38 heavy (non-hydrogen) atoms. The normalized spacial score (nSPS) is 17.6. The Balaban J connectivity index is 1.40. The number of hydrogen-bond donors (Lipinski definition) is 3. The Hall–Kier alpha value is -4.02. The molecule has 0 spiro atoms. The van der Waals surface area contributed by atoms with Gasteiger partial charge in [-0.3, -0.25) is 29.5 Å². The minimum atomic E-state index is -0.615. The van der Waals surface area contributed by atoms with Crippen molar-refractivity contribution in [3.8, 4) is 5.75 Å². The summed E-state index contributed by atoms with van der Waals surface area (Å²) in [6, 6.07) is 16.1. The molecule has 200 valence electrons. The maximum atomic E-state index is 13.0. The van der Waals surface area contributed by atoms with Crippen molar-refractivity contribution >= 4 is 28.6 Å². The van der Waals surface area contributed by atoms with E-state index in [2.05, 4.69) is 10.3 Å². The van der Waals surface area contributed by atoms with Gasteiger partial charge < -0.3 is 15.0 Å². The second kappa shape index (κ2) is 12.0. The molecule has 1 aliphatic heterocycles. The number of likely N-dealkylation sites (N-methyl/N-ethyl adjacent to an activating group) is 1. The number of ether oxygens (including phenoxy) is 1. The predicted octanol–water partition coefficient (Wildman–Crippen LogP) is 2.14. The van der Waals surface area contributed by atoms with Gasteiger partial charge in [0.1, 0.15) is 12.4 Å². The fraction of sp³-hybridized carbons (Fsp3) is 0.357. The Kier molecular flexibility index (Phi) is 8.55. The zero-order chi connectivity index (χ0) is 27.2. The lowest BCUT2D eigenvalue weighted by molar-refractivity contribution is -0.136. The lowest BCUT2D eigenvalue weighted by Crippen LogP contribution is -2.57. The average Bonchev–Trinajstić information content (AvgIpc) is 2.91. The van der Waals surface area contributed by atoms with Gasteiger partial charge in [0.25, 0.3) is 5.91 Å². The highest BCUT2D eigenvalue weighted by atomic mass is 16.5. The number of rotatable bonds is 8. The standard InChI is InChI=1S/C28H33N5O5/c1-18-14-20(22-6-4-5-7-24(22)29-18)17-38-21-10-8-19(9-11-21)27(35)30-25-15-33(16-26(34)32(2)3)13-12-23(25)28(36)31-37/h4-11,14,23,25,37H,12-13,15-17H2,1-3H3,(H,30,35)(H,31,36)/t23-,25+/m0/s1.